The number of carbonyl (C=O) groups excluding carboxylic acids is 2. The summed E-state index contributed by atoms with van der Waals surface area (Å²) in [6, 6.07) is 12.7. The molecular weight excluding hydrogens is 442 g/mol. The topological polar surface area (TPSA) is 96.0 Å². The van der Waals surface area contributed by atoms with Crippen LogP contribution in [0.3, 0.4) is 0 Å². The number of nitrogens with one attached hydrogen (secondary N) is 1. The number of aryl methyl sites for hydroxylation is 1. The van der Waals surface area contributed by atoms with Crippen LogP contribution in [0.25, 0.3) is 0 Å². The smallest absolute Gasteiger partial charge is 0.414 e. The zero-order chi connectivity index (χ0) is 22.0. The molecule has 1 N–H and O–H groups in total. The van der Waals surface area contributed by atoms with E-state index in [1.165, 1.54) is 17.0 Å². The van der Waals surface area contributed by atoms with Crippen LogP contribution in [0.5, 0.6) is 0 Å². The van der Waals surface area contributed by atoms with E-state index in [-0.39, 0.29) is 23.9 Å². The summed E-state index contributed by atoms with van der Waals surface area (Å²) in [6.45, 7) is 0.595. The van der Waals surface area contributed by atoms with E-state index < -0.39 is 28.2 Å². The van der Waals surface area contributed by atoms with E-state index in [2.05, 4.69) is 5.32 Å². The number of rotatable bonds is 5. The molecule has 0 radical (unpaired) electrons. The molecule has 0 spiro atoms. The number of carbonyl (C=O) groups is 2. The second-order valence-electron chi connectivity index (χ2n) is 7.30. The zero-order valence-corrected chi connectivity index (χ0v) is 18.2. The molecule has 2 aromatic carbocycles. The lowest BCUT2D eigenvalue weighted by Gasteiger charge is -2.29. The number of hydrogen-bond donors (Lipinski definition) is 1. The Morgan fingerprint density at radius 1 is 1.19 bits per heavy atom. The Kier molecular flexibility index (Phi) is 6.06. The molecule has 2 heterocycles. The van der Waals surface area contributed by atoms with Gasteiger partial charge in [-0.15, -0.1) is 11.6 Å². The summed E-state index contributed by atoms with van der Waals surface area (Å²) in [5.41, 5.74) is 2.16. The first-order valence-corrected chi connectivity index (χ1v) is 11.9. The van der Waals surface area contributed by atoms with Gasteiger partial charge in [-0.25, -0.2) is 22.3 Å². The average Bonchev–Trinajstić information content (AvgIpc) is 3.19. The minimum atomic E-state index is -4.05. The summed E-state index contributed by atoms with van der Waals surface area (Å²) >= 11 is 5.58. The fourth-order valence-electron chi connectivity index (χ4n) is 3.85. The summed E-state index contributed by atoms with van der Waals surface area (Å²) in [4.78, 5) is 26.3. The predicted octanol–water partition coefficient (Wildman–Crippen LogP) is 3.27. The largest absolute Gasteiger partial charge is 0.448 e. The number of hydrogen-bond acceptors (Lipinski definition) is 5. The molecule has 0 aliphatic carbocycles. The van der Waals surface area contributed by atoms with Crippen molar-refractivity contribution in [3.05, 3.63) is 59.7 Å². The number of nitrogens with zero attached hydrogens (tertiary/aromatic N) is 2. The van der Waals surface area contributed by atoms with Crippen molar-refractivity contribution in [1.82, 2.24) is 9.62 Å². The summed E-state index contributed by atoms with van der Waals surface area (Å²) < 4.78 is 32.4. The zero-order valence-electron chi connectivity index (χ0n) is 16.7. The Labute approximate surface area is 185 Å². The van der Waals surface area contributed by atoms with Gasteiger partial charge in [0, 0.05) is 6.54 Å². The Hall–Kier alpha value is -2.78. The number of ether oxygens (including phenoxy) is 1. The van der Waals surface area contributed by atoms with Crippen molar-refractivity contribution in [2.75, 3.05) is 30.5 Å². The van der Waals surface area contributed by atoms with E-state index in [1.54, 1.807) is 6.07 Å². The monoisotopic (exact) mass is 463 g/mol. The fourth-order valence-corrected chi connectivity index (χ4v) is 5.33. The van der Waals surface area contributed by atoms with Crippen molar-refractivity contribution in [2.45, 2.75) is 23.8 Å². The van der Waals surface area contributed by atoms with Gasteiger partial charge < -0.3 is 10.1 Å². The minimum Gasteiger partial charge on any atom is -0.448 e. The van der Waals surface area contributed by atoms with Crippen LogP contribution in [0, 0.1) is 0 Å². The molecule has 2 aromatic rings. The highest BCUT2D eigenvalue weighted by Gasteiger charge is 2.39. The van der Waals surface area contributed by atoms with E-state index in [9.17, 15) is 18.0 Å². The quantitative estimate of drug-likeness (QED) is 0.686. The van der Waals surface area contributed by atoms with Gasteiger partial charge in [0.05, 0.1) is 29.0 Å². The molecule has 31 heavy (non-hydrogen) atoms. The van der Waals surface area contributed by atoms with E-state index in [0.29, 0.717) is 25.1 Å². The molecular formula is C21H22ClN3O5S. The molecule has 2 aliphatic rings. The lowest BCUT2D eigenvalue weighted by Crippen LogP contribution is -2.37. The van der Waals surface area contributed by atoms with Crippen LogP contribution >= 0.6 is 11.6 Å². The van der Waals surface area contributed by atoms with Gasteiger partial charge in [-0.1, -0.05) is 30.3 Å². The Morgan fingerprint density at radius 2 is 1.97 bits per heavy atom. The van der Waals surface area contributed by atoms with Gasteiger partial charge in [0.2, 0.25) is 0 Å². The van der Waals surface area contributed by atoms with Gasteiger partial charge in [0.25, 0.3) is 10.0 Å². The molecule has 8 nitrogen and oxygen atoms in total. The Bertz CT molecular complexity index is 1090. The summed E-state index contributed by atoms with van der Waals surface area (Å²) in [5.74, 6) is 0.200. The average molecular weight is 464 g/mol. The van der Waals surface area contributed by atoms with Crippen LogP contribution in [0.15, 0.2) is 53.4 Å². The van der Waals surface area contributed by atoms with Crippen molar-refractivity contribution in [3.8, 4) is 0 Å². The molecule has 0 saturated carbocycles. The van der Waals surface area contributed by atoms with Crippen molar-refractivity contribution >= 4 is 39.4 Å². The lowest BCUT2D eigenvalue weighted by atomic mass is 10.0. The maximum Gasteiger partial charge on any atom is 0.414 e. The number of sulfonamides is 1. The standard InChI is InChI=1S/C21H22ClN3O5S/c22-10-12-30-21(27)24-11-4-7-16-13-17(8-9-19(16)24)31(28,29)25-14-18(23-20(25)26)15-5-2-1-3-6-15/h1-3,5-6,8-9,13,18H,4,7,10-12,14H2,(H,23,26). The molecule has 3 amide bonds. The van der Waals surface area contributed by atoms with Crippen LogP contribution in [0.2, 0.25) is 0 Å². The Balaban J connectivity index is 1.58. The highest BCUT2D eigenvalue weighted by molar-refractivity contribution is 7.89. The maximum absolute atomic E-state index is 13.2. The van der Waals surface area contributed by atoms with Crippen molar-refractivity contribution < 1.29 is 22.7 Å². The molecule has 4 rings (SSSR count). The second kappa shape index (κ2) is 8.76. The molecule has 1 fully saturated rings. The maximum atomic E-state index is 13.2. The SMILES string of the molecule is O=C(OCCCl)N1CCCc2cc(S(=O)(=O)N3CC(c4ccccc4)NC3=O)ccc21. The number of anilines is 1. The van der Waals surface area contributed by atoms with Gasteiger partial charge in [-0.3, -0.25) is 4.90 Å². The van der Waals surface area contributed by atoms with Crippen LogP contribution in [-0.2, 0) is 21.2 Å². The molecule has 1 atom stereocenters. The predicted molar refractivity (Wildman–Crippen MR) is 116 cm³/mol. The Morgan fingerprint density at radius 3 is 2.71 bits per heavy atom. The normalized spacial score (nSPS) is 18.5. The first-order chi connectivity index (χ1) is 14.9. The van der Waals surface area contributed by atoms with Crippen molar-refractivity contribution in [3.63, 3.8) is 0 Å². The molecule has 1 unspecified atom stereocenters. The van der Waals surface area contributed by atoms with E-state index in [0.717, 1.165) is 15.4 Å². The molecule has 164 valence electrons. The third-order valence-corrected chi connectivity index (χ3v) is 7.25. The third-order valence-electron chi connectivity index (χ3n) is 5.36. The number of fused-ring (bicyclic) bond motifs is 1. The van der Waals surface area contributed by atoms with Crippen molar-refractivity contribution in [2.24, 2.45) is 0 Å². The number of urea groups is 1. The highest BCUT2D eigenvalue weighted by atomic mass is 35.5. The molecule has 1 saturated heterocycles. The van der Waals surface area contributed by atoms with Gasteiger partial charge >= 0.3 is 12.1 Å². The molecule has 0 bridgehead atoms. The molecule has 2 aliphatic heterocycles. The van der Waals surface area contributed by atoms with Gasteiger partial charge in [-0.05, 0) is 42.2 Å². The minimum absolute atomic E-state index is 0.0130. The van der Waals surface area contributed by atoms with Crippen LogP contribution in [-0.4, -0.2) is 50.4 Å². The third kappa shape index (κ3) is 4.20. The fraction of sp³-hybridized carbons (Fsp3) is 0.333. The van der Waals surface area contributed by atoms with E-state index in [1.807, 2.05) is 30.3 Å². The molecule has 10 heteroatoms. The van der Waals surface area contributed by atoms with Crippen molar-refractivity contribution in [1.29, 1.82) is 0 Å². The van der Waals surface area contributed by atoms with Crippen LogP contribution < -0.4 is 10.2 Å². The van der Waals surface area contributed by atoms with Gasteiger partial charge in [0.1, 0.15) is 6.61 Å². The molecule has 0 aromatic heterocycles. The number of halogens is 1. The van der Waals surface area contributed by atoms with Gasteiger partial charge in [-0.2, -0.15) is 0 Å². The summed E-state index contributed by atoms with van der Waals surface area (Å²) in [5, 5.41) is 2.73. The number of amides is 3. The first-order valence-electron chi connectivity index (χ1n) is 9.93. The van der Waals surface area contributed by atoms with Gasteiger partial charge in [0.15, 0.2) is 0 Å². The second-order valence-corrected chi connectivity index (χ2v) is 9.54. The van der Waals surface area contributed by atoms with E-state index in [4.69, 9.17) is 16.3 Å². The number of alkyl halides is 1. The summed E-state index contributed by atoms with van der Waals surface area (Å²) in [6.07, 6.45) is 0.783. The first kappa shape index (κ1) is 21.5. The summed E-state index contributed by atoms with van der Waals surface area (Å²) in [7, 11) is -4.05. The van der Waals surface area contributed by atoms with Crippen LogP contribution in [0.4, 0.5) is 15.3 Å². The number of benzene rings is 2. The van der Waals surface area contributed by atoms with Crippen LogP contribution in [0.1, 0.15) is 23.6 Å². The highest BCUT2D eigenvalue weighted by Crippen LogP contribution is 2.32. The van der Waals surface area contributed by atoms with E-state index >= 15 is 0 Å². The lowest BCUT2D eigenvalue weighted by molar-refractivity contribution is 0.160.